The number of hydrogen-bond donors (Lipinski definition) is 1. The first-order valence-corrected chi connectivity index (χ1v) is 12.2. The van der Waals surface area contributed by atoms with Crippen LogP contribution in [0.4, 0.5) is 20.6 Å². The van der Waals surface area contributed by atoms with Gasteiger partial charge in [0.15, 0.2) is 9.67 Å². The second kappa shape index (κ2) is 11.7. The minimum Gasteiger partial charge on any atom is -0.442 e. The molecule has 2 fully saturated rings. The van der Waals surface area contributed by atoms with E-state index < -0.39 is 39.5 Å². The van der Waals surface area contributed by atoms with Crippen LogP contribution in [0.15, 0.2) is 18.2 Å². The number of ether oxygens (including phenoxy) is 1. The maximum absolute atomic E-state index is 15.1. The number of benzene rings is 1. The van der Waals surface area contributed by atoms with Crippen LogP contribution in [-0.2, 0) is 19.1 Å². The summed E-state index contributed by atoms with van der Waals surface area (Å²) in [6, 6.07) is 4.23. The predicted octanol–water partition coefficient (Wildman–Crippen LogP) is 2.29. The molecule has 0 saturated carbocycles. The Balaban J connectivity index is 1.76. The smallest absolute Gasteiger partial charge is 0.414 e. The molecule has 0 aromatic heterocycles. The Labute approximate surface area is 220 Å². The quantitative estimate of drug-likeness (QED) is 0.525. The normalized spacial score (nSPS) is 18.7. The van der Waals surface area contributed by atoms with Crippen molar-refractivity contribution in [3.63, 3.8) is 0 Å². The van der Waals surface area contributed by atoms with Gasteiger partial charge in [-0.2, -0.15) is 0 Å². The highest BCUT2D eigenvalue weighted by atomic mass is 35.5. The third kappa shape index (κ3) is 6.52. The molecule has 0 spiro atoms. The van der Waals surface area contributed by atoms with Gasteiger partial charge in [-0.05, 0) is 18.2 Å². The molecule has 3 rings (SSSR count). The Bertz CT molecular complexity index is 971. The molecule has 2 aliphatic heterocycles. The van der Waals surface area contributed by atoms with Gasteiger partial charge < -0.3 is 15.0 Å². The highest BCUT2D eigenvalue weighted by molar-refractivity contribution is 6.54. The lowest BCUT2D eigenvalue weighted by molar-refractivity contribution is -0.160. The third-order valence-electron chi connectivity index (χ3n) is 5.37. The first-order chi connectivity index (χ1) is 16.5. The average molecular weight is 573 g/mol. The van der Waals surface area contributed by atoms with Gasteiger partial charge in [-0.15, -0.1) is 0 Å². The van der Waals surface area contributed by atoms with E-state index in [2.05, 4.69) is 5.32 Å². The fourth-order valence-electron chi connectivity index (χ4n) is 3.73. The van der Waals surface area contributed by atoms with Crippen molar-refractivity contribution in [2.75, 3.05) is 49.1 Å². The van der Waals surface area contributed by atoms with Gasteiger partial charge in [0.25, 0.3) is 11.8 Å². The van der Waals surface area contributed by atoms with E-state index in [4.69, 9.17) is 51.1 Å². The van der Waals surface area contributed by atoms with Gasteiger partial charge in [0, 0.05) is 20.0 Å². The number of nitrogens with zero attached hydrogens (tertiary/aromatic N) is 4. The second-order valence-electron chi connectivity index (χ2n) is 7.70. The summed E-state index contributed by atoms with van der Waals surface area (Å²) >= 11 is 22.9. The molecule has 2 aliphatic rings. The summed E-state index contributed by atoms with van der Waals surface area (Å²) in [7, 11) is 0. The van der Waals surface area contributed by atoms with E-state index in [-0.39, 0.29) is 56.6 Å². The lowest BCUT2D eigenvalue weighted by Gasteiger charge is -2.33. The topological polar surface area (TPSA) is 103 Å². The van der Waals surface area contributed by atoms with Crippen LogP contribution in [0.1, 0.15) is 6.92 Å². The molecule has 0 radical (unpaired) electrons. The Morgan fingerprint density at radius 3 is 2.11 bits per heavy atom. The Morgan fingerprint density at radius 1 is 1.06 bits per heavy atom. The molecule has 1 aromatic carbocycles. The van der Waals surface area contributed by atoms with Crippen LogP contribution in [0.25, 0.3) is 0 Å². The largest absolute Gasteiger partial charge is 0.442 e. The minimum absolute atomic E-state index is 0.0362. The molecule has 4 amide bonds. The molecule has 192 valence electrons. The number of hydrogen-bond acceptors (Lipinski definition) is 6. The molecule has 1 aromatic rings. The Morgan fingerprint density at radius 2 is 1.63 bits per heavy atom. The van der Waals surface area contributed by atoms with Crippen molar-refractivity contribution in [1.29, 1.82) is 0 Å². The van der Waals surface area contributed by atoms with Crippen LogP contribution >= 0.6 is 46.4 Å². The molecule has 2 heterocycles. The Kier molecular flexibility index (Phi) is 9.14. The van der Waals surface area contributed by atoms with Crippen LogP contribution < -0.4 is 15.1 Å². The van der Waals surface area contributed by atoms with Crippen LogP contribution in [-0.4, -0.2) is 88.9 Å². The highest BCUT2D eigenvalue weighted by Gasteiger charge is 2.36. The molecule has 0 unspecified atom stereocenters. The van der Waals surface area contributed by atoms with Crippen LogP contribution in [0.5, 0.6) is 0 Å². The lowest BCUT2D eigenvalue weighted by Crippen LogP contribution is -2.53. The number of halogens is 5. The zero-order chi connectivity index (χ0) is 25.9. The number of nitrogens with one attached hydrogen (secondary N) is 1. The van der Waals surface area contributed by atoms with Gasteiger partial charge in [0.05, 0.1) is 37.6 Å². The summed E-state index contributed by atoms with van der Waals surface area (Å²) in [5, 5.41) is 4.67. The maximum atomic E-state index is 15.1. The van der Waals surface area contributed by atoms with Crippen LogP contribution in [0.2, 0.25) is 0 Å². The molecule has 35 heavy (non-hydrogen) atoms. The van der Waals surface area contributed by atoms with Crippen molar-refractivity contribution < 1.29 is 28.3 Å². The predicted molar refractivity (Wildman–Crippen MR) is 129 cm³/mol. The molecule has 0 aliphatic carbocycles. The van der Waals surface area contributed by atoms with Gasteiger partial charge in [0.2, 0.25) is 5.91 Å². The van der Waals surface area contributed by atoms with E-state index in [1.54, 1.807) is 11.0 Å². The lowest BCUT2D eigenvalue weighted by atomic mass is 10.2. The zero-order valence-electron chi connectivity index (χ0n) is 18.4. The van der Waals surface area contributed by atoms with Crippen LogP contribution in [0.3, 0.4) is 0 Å². The first kappa shape index (κ1) is 27.4. The summed E-state index contributed by atoms with van der Waals surface area (Å²) in [6.45, 7) is 1.86. The van der Waals surface area contributed by atoms with Crippen molar-refractivity contribution >= 4 is 81.6 Å². The van der Waals surface area contributed by atoms with Gasteiger partial charge in [-0.3, -0.25) is 19.3 Å². The highest BCUT2D eigenvalue weighted by Crippen LogP contribution is 2.29. The monoisotopic (exact) mass is 571 g/mol. The molecule has 1 atom stereocenters. The summed E-state index contributed by atoms with van der Waals surface area (Å²) in [5.41, 5.74) is 0.476. The number of anilines is 2. The fraction of sp³-hybridized carbons (Fsp3) is 0.500. The van der Waals surface area contributed by atoms with E-state index in [0.717, 1.165) is 10.0 Å². The number of hydrazine groups is 1. The molecule has 0 bridgehead atoms. The van der Waals surface area contributed by atoms with Gasteiger partial charge >= 0.3 is 6.09 Å². The number of carbonyl (C=O) groups is 4. The molecule has 10 nitrogen and oxygen atoms in total. The number of rotatable bonds is 6. The van der Waals surface area contributed by atoms with Gasteiger partial charge in [-0.25, -0.2) is 19.2 Å². The number of cyclic esters (lactones) is 1. The summed E-state index contributed by atoms with van der Waals surface area (Å²) in [4.78, 5) is 48.3. The summed E-state index contributed by atoms with van der Waals surface area (Å²) in [5.74, 6) is -2.36. The fourth-order valence-corrected chi connectivity index (χ4v) is 4.18. The average Bonchev–Trinajstić information content (AvgIpc) is 3.03. The molecule has 2 saturated heterocycles. The number of amides is 4. The standard InChI is InChI=1S/C20H22Cl4FN5O5/c1-11(31)26-9-13-10-28(20(34)35-13)12-2-3-15(14(25)8-12)27-4-6-29(18(32)16(21)22)30(7-5-27)19(33)17(23)24/h2-3,8,13,16-17H,4-7,9-10H2,1H3,(H,26,31)/t13-/m0/s1. The summed E-state index contributed by atoms with van der Waals surface area (Å²) in [6.07, 6.45) is -1.22. The van der Waals surface area contributed by atoms with E-state index in [0.29, 0.717) is 0 Å². The Hall–Kier alpha value is -2.21. The molecule has 1 N–H and O–H groups in total. The van der Waals surface area contributed by atoms with Crippen molar-refractivity contribution in [2.45, 2.75) is 22.7 Å². The molecule has 15 heteroatoms. The summed E-state index contributed by atoms with van der Waals surface area (Å²) < 4.78 is 20.4. The van der Waals surface area contributed by atoms with E-state index >= 15 is 4.39 Å². The second-order valence-corrected chi connectivity index (χ2v) is 9.89. The van der Waals surface area contributed by atoms with Crippen molar-refractivity contribution in [3.8, 4) is 0 Å². The number of carbonyl (C=O) groups excluding carboxylic acids is 4. The zero-order valence-corrected chi connectivity index (χ0v) is 21.5. The molecular formula is C20H22Cl4FN5O5. The third-order valence-corrected chi connectivity index (χ3v) is 6.12. The van der Waals surface area contributed by atoms with Gasteiger partial charge in [0.1, 0.15) is 11.9 Å². The van der Waals surface area contributed by atoms with E-state index in [1.165, 1.54) is 24.0 Å². The minimum atomic E-state index is -1.42. The van der Waals surface area contributed by atoms with Crippen molar-refractivity contribution in [2.24, 2.45) is 0 Å². The molecular weight excluding hydrogens is 551 g/mol. The van der Waals surface area contributed by atoms with Crippen molar-refractivity contribution in [3.05, 3.63) is 24.0 Å². The SMILES string of the molecule is CC(=O)NC[C@H]1CN(c2ccc(N3CCN(C(=O)C(Cl)Cl)N(C(=O)C(Cl)Cl)CC3)c(F)c2)C(=O)O1. The first-order valence-electron chi connectivity index (χ1n) is 10.5. The van der Waals surface area contributed by atoms with E-state index in [1.807, 2.05) is 0 Å². The van der Waals surface area contributed by atoms with Crippen LogP contribution in [0, 0.1) is 5.82 Å². The van der Waals surface area contributed by atoms with Gasteiger partial charge in [-0.1, -0.05) is 46.4 Å². The van der Waals surface area contributed by atoms with Crippen molar-refractivity contribution in [1.82, 2.24) is 15.3 Å². The maximum Gasteiger partial charge on any atom is 0.414 e. The van der Waals surface area contributed by atoms with E-state index in [9.17, 15) is 19.2 Å². The number of alkyl halides is 4.